The van der Waals surface area contributed by atoms with Crippen LogP contribution in [0.25, 0.3) is 0 Å². The summed E-state index contributed by atoms with van der Waals surface area (Å²) in [6, 6.07) is 11.6. The minimum Gasteiger partial charge on any atom is -0.341 e. The lowest BCUT2D eigenvalue weighted by Gasteiger charge is -2.33. The maximum Gasteiger partial charge on any atom is 0.244 e. The number of nitrogens with one attached hydrogen (secondary N) is 1. The van der Waals surface area contributed by atoms with Crippen LogP contribution in [0, 0.1) is 25.2 Å². The van der Waals surface area contributed by atoms with Gasteiger partial charge in [-0.15, -0.1) is 0 Å². The zero-order chi connectivity index (χ0) is 19.0. The predicted octanol–water partition coefficient (Wildman–Crippen LogP) is 2.77. The Balaban J connectivity index is 1.30. The molecule has 1 unspecified atom stereocenters. The second-order valence-electron chi connectivity index (χ2n) is 7.94. The number of aryl methyl sites for hydroxylation is 2. The Labute approximate surface area is 159 Å². The first-order valence-corrected chi connectivity index (χ1v) is 9.62. The highest BCUT2D eigenvalue weighted by Gasteiger charge is 2.58. The van der Waals surface area contributed by atoms with Crippen molar-refractivity contribution in [2.24, 2.45) is 11.3 Å². The molecule has 1 atom stereocenters. The van der Waals surface area contributed by atoms with Crippen molar-refractivity contribution in [2.75, 3.05) is 18.4 Å². The molecule has 2 fully saturated rings. The first kappa shape index (κ1) is 17.8. The lowest BCUT2D eigenvalue weighted by atomic mass is 9.90. The molecule has 1 aliphatic heterocycles. The average Bonchev–Trinajstić information content (AvgIpc) is 3.26. The molecule has 1 aromatic heterocycles. The number of carbonyl (C=O) groups excluding carboxylic acids is 2. The van der Waals surface area contributed by atoms with Crippen LogP contribution in [-0.4, -0.2) is 39.6 Å². The lowest BCUT2D eigenvalue weighted by Crippen LogP contribution is -2.42. The van der Waals surface area contributed by atoms with Crippen LogP contribution in [-0.2, 0) is 16.1 Å². The monoisotopic (exact) mass is 366 g/mol. The van der Waals surface area contributed by atoms with Crippen molar-refractivity contribution in [1.29, 1.82) is 0 Å². The topological polar surface area (TPSA) is 67.2 Å². The Kier molecular flexibility index (Phi) is 4.50. The third-order valence-electron chi connectivity index (χ3n) is 6.05. The van der Waals surface area contributed by atoms with Gasteiger partial charge in [0, 0.05) is 30.4 Å². The molecule has 1 N–H and O–H groups in total. The van der Waals surface area contributed by atoms with Crippen LogP contribution in [0.3, 0.4) is 0 Å². The van der Waals surface area contributed by atoms with E-state index in [0.29, 0.717) is 6.54 Å². The number of hydrogen-bond acceptors (Lipinski definition) is 3. The fourth-order valence-electron chi connectivity index (χ4n) is 4.29. The van der Waals surface area contributed by atoms with Crippen molar-refractivity contribution in [2.45, 2.75) is 39.7 Å². The number of likely N-dealkylation sites (tertiary alicyclic amines) is 1. The number of anilines is 1. The number of hydrogen-bond donors (Lipinski definition) is 1. The van der Waals surface area contributed by atoms with Gasteiger partial charge in [0.25, 0.3) is 0 Å². The van der Waals surface area contributed by atoms with Gasteiger partial charge in [0.1, 0.15) is 6.54 Å². The van der Waals surface area contributed by atoms with Gasteiger partial charge in [0.15, 0.2) is 0 Å². The van der Waals surface area contributed by atoms with Crippen LogP contribution < -0.4 is 5.32 Å². The normalized spacial score (nSPS) is 20.5. The first-order valence-electron chi connectivity index (χ1n) is 9.62. The summed E-state index contributed by atoms with van der Waals surface area (Å²) >= 11 is 0. The molecular weight excluding hydrogens is 340 g/mol. The van der Waals surface area contributed by atoms with E-state index in [-0.39, 0.29) is 23.1 Å². The van der Waals surface area contributed by atoms with Gasteiger partial charge in [-0.25, -0.2) is 0 Å². The van der Waals surface area contributed by atoms with E-state index in [1.54, 1.807) is 4.68 Å². The summed E-state index contributed by atoms with van der Waals surface area (Å²) in [6.45, 7) is 5.66. The molecule has 2 amide bonds. The highest BCUT2D eigenvalue weighted by Crippen LogP contribution is 2.59. The van der Waals surface area contributed by atoms with E-state index in [4.69, 9.17) is 0 Å². The van der Waals surface area contributed by atoms with Gasteiger partial charge in [0.2, 0.25) is 11.8 Å². The van der Waals surface area contributed by atoms with Gasteiger partial charge in [0.05, 0.1) is 5.69 Å². The molecular formula is C21H26N4O2. The predicted molar refractivity (Wildman–Crippen MR) is 103 cm³/mol. The van der Waals surface area contributed by atoms with Crippen LogP contribution in [0.1, 0.15) is 30.7 Å². The summed E-state index contributed by atoms with van der Waals surface area (Å²) in [5, 5.41) is 7.40. The zero-order valence-electron chi connectivity index (χ0n) is 15.9. The minimum absolute atomic E-state index is 0.0750. The number of nitrogens with zero attached hydrogens (tertiary/aromatic N) is 3. The maximum absolute atomic E-state index is 12.6. The number of rotatable bonds is 4. The van der Waals surface area contributed by atoms with Crippen molar-refractivity contribution in [3.63, 3.8) is 0 Å². The molecule has 2 heterocycles. The SMILES string of the molecule is Cc1cc(C)n(CC(=O)N2CCC3(CC2)CC3C(=O)Nc2ccccc2)n1. The second-order valence-corrected chi connectivity index (χ2v) is 7.94. The molecule has 6 heteroatoms. The molecule has 1 saturated carbocycles. The Morgan fingerprint density at radius 2 is 1.89 bits per heavy atom. The lowest BCUT2D eigenvalue weighted by molar-refractivity contribution is -0.133. The standard InChI is InChI=1S/C21H26N4O2/c1-15-12-16(2)25(23-15)14-19(26)24-10-8-21(9-11-24)13-18(21)20(27)22-17-6-4-3-5-7-17/h3-7,12,18H,8-11,13-14H2,1-2H3,(H,22,27). The molecule has 27 heavy (non-hydrogen) atoms. The molecule has 2 aliphatic rings. The van der Waals surface area contributed by atoms with E-state index in [2.05, 4.69) is 10.4 Å². The quantitative estimate of drug-likeness (QED) is 0.905. The number of piperidine rings is 1. The van der Waals surface area contributed by atoms with Crippen molar-refractivity contribution >= 4 is 17.5 Å². The number of benzene rings is 1. The molecule has 142 valence electrons. The van der Waals surface area contributed by atoms with E-state index >= 15 is 0 Å². The highest BCUT2D eigenvalue weighted by atomic mass is 16.2. The molecule has 1 spiro atoms. The van der Waals surface area contributed by atoms with Crippen molar-refractivity contribution < 1.29 is 9.59 Å². The third kappa shape index (κ3) is 3.61. The van der Waals surface area contributed by atoms with Gasteiger partial charge >= 0.3 is 0 Å². The van der Waals surface area contributed by atoms with E-state index < -0.39 is 0 Å². The molecule has 2 aromatic rings. The summed E-state index contributed by atoms with van der Waals surface area (Å²) in [5.41, 5.74) is 2.88. The van der Waals surface area contributed by atoms with Gasteiger partial charge in [-0.3, -0.25) is 14.3 Å². The first-order chi connectivity index (χ1) is 13.0. The number of para-hydroxylation sites is 1. The Morgan fingerprint density at radius 3 is 2.52 bits per heavy atom. The van der Waals surface area contributed by atoms with Crippen LogP contribution in [0.4, 0.5) is 5.69 Å². The number of aromatic nitrogens is 2. The highest BCUT2D eigenvalue weighted by molar-refractivity contribution is 5.95. The van der Waals surface area contributed by atoms with Crippen molar-refractivity contribution in [1.82, 2.24) is 14.7 Å². The number of carbonyl (C=O) groups is 2. The molecule has 0 bridgehead atoms. The van der Waals surface area contributed by atoms with Crippen LogP contribution in [0.5, 0.6) is 0 Å². The average molecular weight is 366 g/mol. The second kappa shape index (κ2) is 6.83. The Bertz CT molecular complexity index is 850. The Hall–Kier alpha value is -2.63. The van der Waals surface area contributed by atoms with Gasteiger partial charge in [-0.2, -0.15) is 5.10 Å². The zero-order valence-corrected chi connectivity index (χ0v) is 15.9. The van der Waals surface area contributed by atoms with Crippen LogP contribution in [0.2, 0.25) is 0 Å². The molecule has 1 aromatic carbocycles. The van der Waals surface area contributed by atoms with E-state index in [0.717, 1.165) is 49.4 Å². The minimum atomic E-state index is 0.0750. The molecule has 1 aliphatic carbocycles. The molecule has 0 radical (unpaired) electrons. The molecule has 6 nitrogen and oxygen atoms in total. The third-order valence-corrected chi connectivity index (χ3v) is 6.05. The summed E-state index contributed by atoms with van der Waals surface area (Å²) in [7, 11) is 0. The smallest absolute Gasteiger partial charge is 0.244 e. The maximum atomic E-state index is 12.6. The van der Waals surface area contributed by atoms with E-state index in [9.17, 15) is 9.59 Å². The van der Waals surface area contributed by atoms with Gasteiger partial charge in [-0.05, 0) is 56.7 Å². The summed E-state index contributed by atoms with van der Waals surface area (Å²) in [4.78, 5) is 27.1. The summed E-state index contributed by atoms with van der Waals surface area (Å²) < 4.78 is 1.77. The van der Waals surface area contributed by atoms with Crippen LogP contribution in [0.15, 0.2) is 36.4 Å². The summed E-state index contributed by atoms with van der Waals surface area (Å²) in [6.07, 6.45) is 2.75. The molecule has 4 rings (SSSR count). The summed E-state index contributed by atoms with van der Waals surface area (Å²) in [5.74, 6) is 0.302. The Morgan fingerprint density at radius 1 is 1.19 bits per heavy atom. The van der Waals surface area contributed by atoms with Gasteiger partial charge in [-0.1, -0.05) is 18.2 Å². The van der Waals surface area contributed by atoms with E-state index in [1.807, 2.05) is 55.1 Å². The van der Waals surface area contributed by atoms with E-state index in [1.165, 1.54) is 0 Å². The van der Waals surface area contributed by atoms with Crippen LogP contribution >= 0.6 is 0 Å². The fourth-order valence-corrected chi connectivity index (χ4v) is 4.29. The largest absolute Gasteiger partial charge is 0.341 e. The van der Waals surface area contributed by atoms with Crippen molar-refractivity contribution in [3.05, 3.63) is 47.8 Å². The van der Waals surface area contributed by atoms with Gasteiger partial charge < -0.3 is 10.2 Å². The van der Waals surface area contributed by atoms with Crippen molar-refractivity contribution in [3.8, 4) is 0 Å². The molecule has 1 saturated heterocycles. The number of amides is 2. The fraction of sp³-hybridized carbons (Fsp3) is 0.476.